The van der Waals surface area contributed by atoms with Crippen molar-refractivity contribution in [3.63, 3.8) is 0 Å². The molecule has 164 valence electrons. The van der Waals surface area contributed by atoms with Gasteiger partial charge in [0.25, 0.3) is 0 Å². The molecule has 0 saturated carbocycles. The molecule has 1 heterocycles. The molecule has 1 amide bonds. The number of halogens is 3. The number of thioether (sulfide) groups is 1. The molecule has 0 atom stereocenters. The van der Waals surface area contributed by atoms with Crippen LogP contribution in [0.3, 0.4) is 0 Å². The van der Waals surface area contributed by atoms with Gasteiger partial charge in [-0.05, 0) is 37.3 Å². The average Bonchev–Trinajstić information content (AvgIpc) is 3.12. The van der Waals surface area contributed by atoms with Crippen LogP contribution in [0.1, 0.15) is 18.3 Å². The van der Waals surface area contributed by atoms with E-state index in [0.717, 1.165) is 17.9 Å². The van der Waals surface area contributed by atoms with E-state index in [1.807, 2.05) is 37.3 Å². The van der Waals surface area contributed by atoms with Crippen LogP contribution in [0.5, 0.6) is 5.75 Å². The molecule has 3 rings (SSSR count). The highest BCUT2D eigenvalue weighted by molar-refractivity contribution is 7.99. The third kappa shape index (κ3) is 6.48. The summed E-state index contributed by atoms with van der Waals surface area (Å²) in [6.07, 6.45) is -4.57. The summed E-state index contributed by atoms with van der Waals surface area (Å²) >= 11 is 1.46. The number of benzene rings is 2. The largest absolute Gasteiger partial charge is 0.493 e. The number of rotatable bonds is 9. The molecule has 0 radical (unpaired) electrons. The zero-order valence-corrected chi connectivity index (χ0v) is 17.5. The topological polar surface area (TPSA) is 69.0 Å². The van der Waals surface area contributed by atoms with Crippen LogP contribution in [0, 0.1) is 0 Å². The molecule has 0 bridgehead atoms. The Kier molecular flexibility index (Phi) is 7.56. The minimum atomic E-state index is -4.47. The number of anilines is 1. The third-order valence-electron chi connectivity index (χ3n) is 4.23. The van der Waals surface area contributed by atoms with Gasteiger partial charge in [0.15, 0.2) is 5.16 Å². The number of amides is 1. The fraction of sp³-hybridized carbons (Fsp3) is 0.286. The SMILES string of the molecule is CCn1c(CC(=O)Nc2cccc(C(F)(F)F)c2)nnc1SCCOc1ccccc1. The summed E-state index contributed by atoms with van der Waals surface area (Å²) in [5.41, 5.74) is -0.742. The lowest BCUT2D eigenvalue weighted by molar-refractivity contribution is -0.137. The maximum absolute atomic E-state index is 12.8. The van der Waals surface area contributed by atoms with Gasteiger partial charge in [-0.3, -0.25) is 4.79 Å². The van der Waals surface area contributed by atoms with E-state index in [1.54, 1.807) is 4.57 Å². The number of para-hydroxylation sites is 1. The summed E-state index contributed by atoms with van der Waals surface area (Å²) in [6, 6.07) is 14.0. The minimum Gasteiger partial charge on any atom is -0.493 e. The molecule has 3 aromatic rings. The number of ether oxygens (including phenoxy) is 1. The second kappa shape index (κ2) is 10.3. The van der Waals surface area contributed by atoms with Crippen molar-refractivity contribution in [2.75, 3.05) is 17.7 Å². The van der Waals surface area contributed by atoms with Gasteiger partial charge in [-0.2, -0.15) is 13.2 Å². The molecule has 0 fully saturated rings. The zero-order chi connectivity index (χ0) is 22.3. The molecule has 6 nitrogen and oxygen atoms in total. The van der Waals surface area contributed by atoms with Crippen molar-refractivity contribution in [2.45, 2.75) is 31.2 Å². The van der Waals surface area contributed by atoms with E-state index in [2.05, 4.69) is 15.5 Å². The molecule has 1 N–H and O–H groups in total. The van der Waals surface area contributed by atoms with Gasteiger partial charge >= 0.3 is 6.18 Å². The zero-order valence-electron chi connectivity index (χ0n) is 16.7. The number of nitrogens with zero attached hydrogens (tertiary/aromatic N) is 3. The minimum absolute atomic E-state index is 0.0787. The van der Waals surface area contributed by atoms with E-state index < -0.39 is 17.6 Å². The first-order chi connectivity index (χ1) is 14.9. The quantitative estimate of drug-likeness (QED) is 0.379. The highest BCUT2D eigenvalue weighted by atomic mass is 32.2. The molecular formula is C21H21F3N4O2S. The summed E-state index contributed by atoms with van der Waals surface area (Å²) in [5.74, 6) is 1.40. The summed E-state index contributed by atoms with van der Waals surface area (Å²) in [7, 11) is 0. The molecule has 0 saturated heterocycles. The van der Waals surface area contributed by atoms with Gasteiger partial charge in [0.1, 0.15) is 11.6 Å². The summed E-state index contributed by atoms with van der Waals surface area (Å²) in [4.78, 5) is 12.3. The highest BCUT2D eigenvalue weighted by Gasteiger charge is 2.30. The van der Waals surface area contributed by atoms with Crippen LogP contribution in [0.15, 0.2) is 59.8 Å². The van der Waals surface area contributed by atoms with E-state index in [-0.39, 0.29) is 12.1 Å². The van der Waals surface area contributed by atoms with Crippen LogP contribution >= 0.6 is 11.8 Å². The lowest BCUT2D eigenvalue weighted by Gasteiger charge is -2.10. The van der Waals surface area contributed by atoms with Gasteiger partial charge in [0.05, 0.1) is 18.6 Å². The molecule has 31 heavy (non-hydrogen) atoms. The Morgan fingerprint density at radius 1 is 1.13 bits per heavy atom. The average molecular weight is 450 g/mol. The van der Waals surface area contributed by atoms with E-state index in [4.69, 9.17) is 4.74 Å². The standard InChI is InChI=1S/C21H21F3N4O2S/c1-2-28-18(14-19(29)25-16-8-6-7-15(13-16)21(22,23)24)26-27-20(28)31-12-11-30-17-9-4-3-5-10-17/h3-10,13H,2,11-12,14H2,1H3,(H,25,29). The lowest BCUT2D eigenvalue weighted by atomic mass is 10.2. The maximum atomic E-state index is 12.8. The van der Waals surface area contributed by atoms with Crippen LogP contribution < -0.4 is 10.1 Å². The van der Waals surface area contributed by atoms with Crippen molar-refractivity contribution >= 4 is 23.4 Å². The Morgan fingerprint density at radius 2 is 1.90 bits per heavy atom. The number of hydrogen-bond acceptors (Lipinski definition) is 5. The van der Waals surface area contributed by atoms with Gasteiger partial charge in [0, 0.05) is 18.0 Å². The number of aromatic nitrogens is 3. The molecule has 0 spiro atoms. The first kappa shape index (κ1) is 22.7. The molecule has 1 aromatic heterocycles. The van der Waals surface area contributed by atoms with E-state index in [1.165, 1.54) is 23.9 Å². The van der Waals surface area contributed by atoms with Crippen molar-refractivity contribution in [1.82, 2.24) is 14.8 Å². The summed E-state index contributed by atoms with van der Waals surface area (Å²) in [6.45, 7) is 2.94. The predicted molar refractivity (Wildman–Crippen MR) is 112 cm³/mol. The first-order valence-electron chi connectivity index (χ1n) is 9.56. The van der Waals surface area contributed by atoms with Gasteiger partial charge in [-0.25, -0.2) is 0 Å². The number of carbonyl (C=O) groups excluding carboxylic acids is 1. The van der Waals surface area contributed by atoms with Crippen LogP contribution in [0.4, 0.5) is 18.9 Å². The Hall–Kier alpha value is -3.01. The molecule has 2 aromatic carbocycles. The Morgan fingerprint density at radius 3 is 2.61 bits per heavy atom. The summed E-state index contributed by atoms with van der Waals surface area (Å²) in [5, 5.41) is 11.3. The van der Waals surface area contributed by atoms with E-state index >= 15 is 0 Å². The normalized spacial score (nSPS) is 11.4. The van der Waals surface area contributed by atoms with Crippen molar-refractivity contribution < 1.29 is 22.7 Å². The summed E-state index contributed by atoms with van der Waals surface area (Å²) < 4.78 is 46.0. The molecule has 10 heteroatoms. The van der Waals surface area contributed by atoms with E-state index in [0.29, 0.717) is 29.9 Å². The highest BCUT2D eigenvalue weighted by Crippen LogP contribution is 2.30. The van der Waals surface area contributed by atoms with Gasteiger partial charge < -0.3 is 14.6 Å². The molecule has 0 unspecified atom stereocenters. The van der Waals surface area contributed by atoms with Crippen LogP contribution in [-0.4, -0.2) is 33.0 Å². The Labute approximate surface area is 181 Å². The Bertz CT molecular complexity index is 1010. The van der Waals surface area contributed by atoms with E-state index in [9.17, 15) is 18.0 Å². The monoisotopic (exact) mass is 450 g/mol. The lowest BCUT2D eigenvalue weighted by Crippen LogP contribution is -2.18. The molecule has 0 aliphatic carbocycles. The van der Waals surface area contributed by atoms with Gasteiger partial charge in [-0.15, -0.1) is 10.2 Å². The van der Waals surface area contributed by atoms with Crippen LogP contribution in [0.2, 0.25) is 0 Å². The van der Waals surface area contributed by atoms with Crippen molar-refractivity contribution in [3.8, 4) is 5.75 Å². The second-order valence-corrected chi connectivity index (χ2v) is 7.52. The number of alkyl halides is 3. The smallest absolute Gasteiger partial charge is 0.416 e. The predicted octanol–water partition coefficient (Wildman–Crippen LogP) is 4.67. The van der Waals surface area contributed by atoms with Crippen molar-refractivity contribution in [2.24, 2.45) is 0 Å². The van der Waals surface area contributed by atoms with Crippen LogP contribution in [0.25, 0.3) is 0 Å². The maximum Gasteiger partial charge on any atom is 0.416 e. The fourth-order valence-electron chi connectivity index (χ4n) is 2.81. The van der Waals surface area contributed by atoms with Crippen molar-refractivity contribution in [1.29, 1.82) is 0 Å². The third-order valence-corrected chi connectivity index (χ3v) is 5.16. The fourth-order valence-corrected chi connectivity index (χ4v) is 3.64. The number of hydrogen-bond donors (Lipinski definition) is 1. The number of nitrogens with one attached hydrogen (secondary N) is 1. The van der Waals surface area contributed by atoms with Gasteiger partial charge in [-0.1, -0.05) is 36.0 Å². The van der Waals surface area contributed by atoms with Crippen molar-refractivity contribution in [3.05, 3.63) is 66.0 Å². The number of carbonyl (C=O) groups is 1. The molecule has 0 aliphatic heterocycles. The Balaban J connectivity index is 1.55. The second-order valence-electron chi connectivity index (χ2n) is 6.46. The van der Waals surface area contributed by atoms with Crippen LogP contribution in [-0.2, 0) is 23.9 Å². The van der Waals surface area contributed by atoms with Gasteiger partial charge in [0.2, 0.25) is 5.91 Å². The first-order valence-corrected chi connectivity index (χ1v) is 10.5. The molecule has 0 aliphatic rings. The molecular weight excluding hydrogens is 429 g/mol.